The Morgan fingerprint density at radius 3 is 1.79 bits per heavy atom. The summed E-state index contributed by atoms with van der Waals surface area (Å²) in [5.41, 5.74) is 2.17. The molecule has 26 heteroatoms. The zero-order chi connectivity index (χ0) is 50.3. The molecule has 6 heterocycles. The predicted molar refractivity (Wildman–Crippen MR) is 258 cm³/mol. The Bertz CT molecular complexity index is 3030. The average molecular weight is 1020 g/mol. The van der Waals surface area contributed by atoms with Crippen molar-refractivity contribution < 1.29 is 50.5 Å². The van der Waals surface area contributed by atoms with E-state index in [1.54, 1.807) is 63.7 Å². The quantitative estimate of drug-likeness (QED) is 0.0472. The van der Waals surface area contributed by atoms with E-state index in [9.17, 15) is 18.0 Å². The highest BCUT2D eigenvalue weighted by molar-refractivity contribution is 7.90. The summed E-state index contributed by atoms with van der Waals surface area (Å²) in [5.74, 6) is -0.395. The number of carbonyl (C=O) groups is 2. The number of imidazole rings is 2. The van der Waals surface area contributed by atoms with Crippen LogP contribution >= 0.6 is 7.74 Å². The van der Waals surface area contributed by atoms with E-state index in [4.69, 9.17) is 39.1 Å². The zero-order valence-electron chi connectivity index (χ0n) is 39.7. The van der Waals surface area contributed by atoms with Gasteiger partial charge in [0.1, 0.15) is 50.0 Å². The molecule has 0 aliphatic carbocycles. The second-order valence-electron chi connectivity index (χ2n) is 17.0. The molecule has 0 saturated carbocycles. The lowest BCUT2D eigenvalue weighted by molar-refractivity contribution is -0.0807. The molecule has 5 unspecified atom stereocenters. The van der Waals surface area contributed by atoms with Gasteiger partial charge in [-0.1, -0.05) is 40.5 Å². The van der Waals surface area contributed by atoms with Crippen LogP contribution in [0.5, 0.6) is 0 Å². The summed E-state index contributed by atoms with van der Waals surface area (Å²) in [4.78, 5) is 56.2. The summed E-state index contributed by atoms with van der Waals surface area (Å²) >= 11 is 0. The van der Waals surface area contributed by atoms with E-state index in [1.165, 1.54) is 39.4 Å². The van der Waals surface area contributed by atoms with Gasteiger partial charge in [-0.15, -0.1) is 0 Å². The number of fused-ring (bicyclic) bond motifs is 2. The number of amides is 2. The summed E-state index contributed by atoms with van der Waals surface area (Å²) in [6.45, 7) is 14.1. The molecule has 376 valence electrons. The van der Waals surface area contributed by atoms with E-state index in [-0.39, 0.29) is 69.0 Å². The number of ether oxygens (including phenoxy) is 4. The summed E-state index contributed by atoms with van der Waals surface area (Å²) in [7, 11) is -6.30. The number of nitrogens with zero attached hydrogens (tertiary/aromatic N) is 11. The van der Waals surface area contributed by atoms with Gasteiger partial charge in [-0.25, -0.2) is 36.5 Å². The number of carbonyl (C=O) groups excluding carboxylic acids is 2. The van der Waals surface area contributed by atoms with Crippen LogP contribution in [-0.2, 0) is 42.7 Å². The largest absolute Gasteiger partial charge is 0.376 e. The number of rotatable bonds is 21. The standard InChI is InChI=1S/C45H54N13O11PS/c1-28(2)63-22-34-33(21-37(67-34)58-27-52-39-41(48-25-50-43(39)58)54-45(60)31-16-12-9-13-17-31)69-70(64-19-18-46-5,55-71(61,62)56(6)7)65-23-35-32(66-29(3)4)20-36(68-35)57-26-51-38-40(47-24-49-42(38)57)53-44(59)30-14-10-8-11-15-30/h8-17,24-29,32-37H,18-23H2,1-4,6-7H3,(H,47,49,53,59)(H,48,50,54,60)/t32-,33-,34?,35?,36?,37?,70?/m1/s1. The summed E-state index contributed by atoms with van der Waals surface area (Å²) in [6, 6.07) is 17.3. The van der Waals surface area contributed by atoms with Crippen molar-refractivity contribution in [3.8, 4) is 0 Å². The molecule has 2 N–H and O–H groups in total. The Balaban J connectivity index is 1.09. The Kier molecular flexibility index (Phi) is 16.2. The molecule has 2 aliphatic rings. The molecular weight excluding hydrogens is 962 g/mol. The van der Waals surface area contributed by atoms with Gasteiger partial charge in [0.25, 0.3) is 11.8 Å². The number of aromatic nitrogens is 8. The first kappa shape index (κ1) is 51.2. The molecule has 0 spiro atoms. The van der Waals surface area contributed by atoms with E-state index in [0.717, 1.165) is 4.31 Å². The normalized spacial score (nSPS) is 21.2. The van der Waals surface area contributed by atoms with Crippen molar-refractivity contribution in [3.63, 3.8) is 0 Å². The number of anilines is 2. The Morgan fingerprint density at radius 2 is 1.30 bits per heavy atom. The molecule has 24 nitrogen and oxygen atoms in total. The van der Waals surface area contributed by atoms with Gasteiger partial charge < -0.3 is 34.4 Å². The minimum absolute atomic E-state index is 0.000893. The SMILES string of the molecule is [C-]#[N+]CCOP(=NS(=O)(=O)N(C)C)(OCC1OC(n2cnc3c(NC(=O)c4ccccc4)ncnc32)C[C@H]1OC(C)C)O[C@@H]1CC(n2cnc3c(NC(=O)c4ccccc4)ncnc32)OC1COC(C)C. The molecule has 0 bridgehead atoms. The third kappa shape index (κ3) is 12.1. The highest BCUT2D eigenvalue weighted by atomic mass is 32.2. The Labute approximate surface area is 409 Å². The number of hydrogen-bond donors (Lipinski definition) is 2. The smallest absolute Gasteiger partial charge is 0.372 e. The van der Waals surface area contributed by atoms with Gasteiger partial charge in [0.05, 0.1) is 44.2 Å². The molecule has 2 fully saturated rings. The maximum atomic E-state index is 13.8. The van der Waals surface area contributed by atoms with E-state index < -0.39 is 60.7 Å². The second-order valence-corrected chi connectivity index (χ2v) is 21.0. The van der Waals surface area contributed by atoms with Crippen LogP contribution in [0.25, 0.3) is 27.2 Å². The summed E-state index contributed by atoms with van der Waals surface area (Å²) in [6.07, 6.45) is 0.563. The molecule has 2 aromatic carbocycles. The van der Waals surface area contributed by atoms with Crippen LogP contribution in [0.2, 0.25) is 0 Å². The van der Waals surface area contributed by atoms with Crippen LogP contribution in [0.15, 0.2) is 90.1 Å². The van der Waals surface area contributed by atoms with Gasteiger partial charge in [0.15, 0.2) is 34.0 Å². The minimum atomic E-state index is -4.49. The minimum Gasteiger partial charge on any atom is -0.376 e. The molecule has 4 aromatic heterocycles. The van der Waals surface area contributed by atoms with Crippen molar-refractivity contribution in [2.24, 2.45) is 4.15 Å². The van der Waals surface area contributed by atoms with Gasteiger partial charge in [-0.2, -0.15) is 12.7 Å². The van der Waals surface area contributed by atoms with E-state index in [0.29, 0.717) is 33.5 Å². The topological polar surface area (TPSA) is 264 Å². The van der Waals surface area contributed by atoms with Crippen LogP contribution in [-0.4, -0.2) is 141 Å². The first-order valence-corrected chi connectivity index (χ1v) is 25.6. The van der Waals surface area contributed by atoms with Crippen molar-refractivity contribution in [1.82, 2.24) is 43.3 Å². The predicted octanol–water partition coefficient (Wildman–Crippen LogP) is 6.05. The van der Waals surface area contributed by atoms with Gasteiger partial charge in [-0.05, 0) is 52.0 Å². The number of hydrogen-bond acceptors (Lipinski definition) is 17. The van der Waals surface area contributed by atoms with E-state index in [2.05, 4.69) is 49.5 Å². The number of benzene rings is 2. The monoisotopic (exact) mass is 1020 g/mol. The van der Waals surface area contributed by atoms with Crippen molar-refractivity contribution in [3.05, 3.63) is 109 Å². The molecule has 2 saturated heterocycles. The van der Waals surface area contributed by atoms with Crippen LogP contribution in [0.1, 0.15) is 73.7 Å². The maximum Gasteiger partial charge on any atom is 0.372 e. The molecule has 7 atom stereocenters. The highest BCUT2D eigenvalue weighted by Crippen LogP contribution is 2.58. The Morgan fingerprint density at radius 1 is 0.775 bits per heavy atom. The lowest BCUT2D eigenvalue weighted by Gasteiger charge is -2.30. The maximum absolute atomic E-state index is 13.8. The molecule has 6 aromatic rings. The third-order valence-corrected chi connectivity index (χ3v) is 15.1. The number of nitrogens with one attached hydrogen (secondary N) is 2. The third-order valence-electron chi connectivity index (χ3n) is 11.1. The van der Waals surface area contributed by atoms with Crippen molar-refractivity contribution in [2.75, 3.05) is 51.1 Å². The molecule has 2 amide bonds. The Hall–Kier alpha value is -6.17. The van der Waals surface area contributed by atoms with Crippen molar-refractivity contribution in [2.45, 2.75) is 89.6 Å². The fraction of sp³-hybridized carbons (Fsp3) is 0.444. The van der Waals surface area contributed by atoms with Crippen molar-refractivity contribution >= 4 is 63.7 Å². The summed E-state index contributed by atoms with van der Waals surface area (Å²) in [5, 5.41) is 5.62. The van der Waals surface area contributed by atoms with Crippen LogP contribution in [0.4, 0.5) is 11.6 Å². The zero-order valence-corrected chi connectivity index (χ0v) is 41.4. The lowest BCUT2D eigenvalue weighted by atomic mass is 10.2. The molecule has 2 aliphatic heterocycles. The molecule has 8 rings (SSSR count). The molecular formula is C45H54N13O11PS. The fourth-order valence-electron chi connectivity index (χ4n) is 7.68. The second kappa shape index (κ2) is 22.5. The summed E-state index contributed by atoms with van der Waals surface area (Å²) < 4.78 is 81.3. The van der Waals surface area contributed by atoms with E-state index in [1.807, 2.05) is 33.8 Å². The molecule has 71 heavy (non-hydrogen) atoms. The average Bonchev–Trinajstić information content (AvgIpc) is 4.16. The van der Waals surface area contributed by atoms with Gasteiger partial charge >= 0.3 is 17.9 Å². The highest BCUT2D eigenvalue weighted by Gasteiger charge is 2.46. The molecule has 0 radical (unpaired) electrons. The fourth-order valence-corrected chi connectivity index (χ4v) is 11.2. The first-order valence-electron chi connectivity index (χ1n) is 22.7. The van der Waals surface area contributed by atoms with Gasteiger partial charge in [0.2, 0.25) is 6.54 Å². The van der Waals surface area contributed by atoms with Crippen LogP contribution in [0.3, 0.4) is 0 Å². The lowest BCUT2D eigenvalue weighted by Crippen LogP contribution is -2.33. The van der Waals surface area contributed by atoms with Crippen LogP contribution < -0.4 is 10.6 Å². The van der Waals surface area contributed by atoms with Gasteiger partial charge in [-0.3, -0.25) is 32.3 Å². The first-order chi connectivity index (χ1) is 34.1. The van der Waals surface area contributed by atoms with Crippen molar-refractivity contribution in [1.29, 1.82) is 0 Å². The van der Waals surface area contributed by atoms with Gasteiger partial charge in [0, 0.05) is 38.1 Å². The van der Waals surface area contributed by atoms with E-state index >= 15 is 0 Å². The van der Waals surface area contributed by atoms with Crippen LogP contribution in [0, 0.1) is 6.57 Å².